The van der Waals surface area contributed by atoms with Gasteiger partial charge in [0.25, 0.3) is 5.91 Å². The van der Waals surface area contributed by atoms with Gasteiger partial charge in [-0.1, -0.05) is 15.9 Å². The van der Waals surface area contributed by atoms with Crippen LogP contribution in [0.25, 0.3) is 0 Å². The Hall–Kier alpha value is -1.20. The van der Waals surface area contributed by atoms with E-state index in [1.54, 1.807) is 0 Å². The standard InChI is InChI=1S/C10H9BrF4N2O3S/c11-5-3-6(8(12)7(4-5)21(16,19)20)9(18)17-2-1-10(13,14)15/h3-4H,1-2H2,(H,17,18)(H2,16,19,20). The second kappa shape index (κ2) is 6.28. The number of benzene rings is 1. The Morgan fingerprint density at radius 1 is 1.33 bits per heavy atom. The molecule has 0 aliphatic carbocycles. The average molecular weight is 393 g/mol. The van der Waals surface area contributed by atoms with Gasteiger partial charge in [-0.3, -0.25) is 4.79 Å². The minimum atomic E-state index is -4.48. The largest absolute Gasteiger partial charge is 0.390 e. The number of primary sulfonamides is 1. The SMILES string of the molecule is NS(=O)(=O)c1cc(Br)cc(C(=O)NCCC(F)(F)F)c1F. The second-order valence-corrected chi connectivity index (χ2v) is 6.38. The first kappa shape index (κ1) is 17.9. The fraction of sp³-hybridized carbons (Fsp3) is 0.300. The number of halogens is 5. The molecule has 1 rings (SSSR count). The van der Waals surface area contributed by atoms with Crippen molar-refractivity contribution in [3.63, 3.8) is 0 Å². The van der Waals surface area contributed by atoms with Crippen molar-refractivity contribution in [2.45, 2.75) is 17.5 Å². The summed E-state index contributed by atoms with van der Waals surface area (Å²) in [6.07, 6.45) is -5.77. The Balaban J connectivity index is 3.03. The minimum absolute atomic E-state index is 0.0360. The molecule has 0 spiro atoms. The van der Waals surface area contributed by atoms with E-state index < -0.39 is 51.3 Å². The number of hydrogen-bond acceptors (Lipinski definition) is 3. The first-order chi connectivity index (χ1) is 9.42. The fourth-order valence-corrected chi connectivity index (χ4v) is 2.61. The van der Waals surface area contributed by atoms with E-state index in [2.05, 4.69) is 15.9 Å². The number of carbonyl (C=O) groups excluding carboxylic acids is 1. The highest BCUT2D eigenvalue weighted by Gasteiger charge is 2.27. The van der Waals surface area contributed by atoms with Gasteiger partial charge in [0.2, 0.25) is 10.0 Å². The molecule has 0 heterocycles. The third-order valence-corrected chi connectivity index (χ3v) is 3.62. The number of amides is 1. The van der Waals surface area contributed by atoms with Crippen molar-refractivity contribution in [3.8, 4) is 0 Å². The number of alkyl halides is 3. The molecule has 0 unspecified atom stereocenters. The van der Waals surface area contributed by atoms with Crippen LogP contribution >= 0.6 is 15.9 Å². The van der Waals surface area contributed by atoms with Gasteiger partial charge in [-0.05, 0) is 12.1 Å². The van der Waals surface area contributed by atoms with Gasteiger partial charge in [-0.25, -0.2) is 17.9 Å². The number of hydrogen-bond donors (Lipinski definition) is 2. The predicted octanol–water partition coefficient (Wildman–Crippen LogP) is 1.92. The number of sulfonamides is 1. The molecule has 0 bridgehead atoms. The summed E-state index contributed by atoms with van der Waals surface area (Å²) in [4.78, 5) is 10.7. The van der Waals surface area contributed by atoms with Crippen LogP contribution in [0, 0.1) is 5.82 Å². The predicted molar refractivity (Wildman–Crippen MR) is 68.5 cm³/mol. The van der Waals surface area contributed by atoms with Crippen LogP contribution in [0.3, 0.4) is 0 Å². The normalized spacial score (nSPS) is 12.3. The second-order valence-electron chi connectivity index (χ2n) is 3.93. The van der Waals surface area contributed by atoms with Crippen LogP contribution in [0.15, 0.2) is 21.5 Å². The van der Waals surface area contributed by atoms with Crippen LogP contribution in [-0.4, -0.2) is 27.0 Å². The molecule has 1 aromatic carbocycles. The van der Waals surface area contributed by atoms with Gasteiger partial charge in [0.15, 0.2) is 5.82 Å². The van der Waals surface area contributed by atoms with Crippen molar-refractivity contribution >= 4 is 31.9 Å². The summed E-state index contributed by atoms with van der Waals surface area (Å²) >= 11 is 2.86. The van der Waals surface area contributed by atoms with E-state index in [1.807, 2.05) is 5.32 Å². The summed E-state index contributed by atoms with van der Waals surface area (Å²) in [6.45, 7) is -0.765. The summed E-state index contributed by atoms with van der Waals surface area (Å²) in [7, 11) is -4.42. The Morgan fingerprint density at radius 3 is 2.38 bits per heavy atom. The number of carbonyl (C=O) groups is 1. The lowest BCUT2D eigenvalue weighted by molar-refractivity contribution is -0.132. The molecule has 0 aliphatic rings. The first-order valence-corrected chi connectivity index (χ1v) is 7.62. The molecule has 0 saturated carbocycles. The van der Waals surface area contributed by atoms with Crippen molar-refractivity contribution in [2.24, 2.45) is 5.14 Å². The minimum Gasteiger partial charge on any atom is -0.352 e. The van der Waals surface area contributed by atoms with E-state index in [9.17, 15) is 30.8 Å². The van der Waals surface area contributed by atoms with Gasteiger partial charge in [0, 0.05) is 11.0 Å². The highest BCUT2D eigenvalue weighted by Crippen LogP contribution is 2.23. The van der Waals surface area contributed by atoms with E-state index >= 15 is 0 Å². The molecule has 0 atom stereocenters. The molecule has 5 nitrogen and oxygen atoms in total. The van der Waals surface area contributed by atoms with Crippen molar-refractivity contribution in [1.82, 2.24) is 5.32 Å². The highest BCUT2D eigenvalue weighted by molar-refractivity contribution is 9.10. The third-order valence-electron chi connectivity index (χ3n) is 2.25. The maximum Gasteiger partial charge on any atom is 0.390 e. The van der Waals surface area contributed by atoms with Crippen LogP contribution in [0.2, 0.25) is 0 Å². The fourth-order valence-electron chi connectivity index (χ4n) is 1.35. The molecule has 118 valence electrons. The Labute approximate surface area is 125 Å². The lowest BCUT2D eigenvalue weighted by Crippen LogP contribution is -2.29. The van der Waals surface area contributed by atoms with Crippen molar-refractivity contribution in [3.05, 3.63) is 28.0 Å². The lowest BCUT2D eigenvalue weighted by Gasteiger charge is -2.10. The smallest absolute Gasteiger partial charge is 0.352 e. The summed E-state index contributed by atoms with van der Waals surface area (Å²) in [5, 5.41) is 6.63. The maximum atomic E-state index is 13.9. The molecule has 21 heavy (non-hydrogen) atoms. The van der Waals surface area contributed by atoms with E-state index in [4.69, 9.17) is 5.14 Å². The van der Waals surface area contributed by atoms with Crippen LogP contribution in [0.4, 0.5) is 17.6 Å². The molecule has 0 fully saturated rings. The molecule has 11 heteroatoms. The molecular formula is C10H9BrF4N2O3S. The van der Waals surface area contributed by atoms with Gasteiger partial charge in [-0.2, -0.15) is 13.2 Å². The zero-order valence-electron chi connectivity index (χ0n) is 10.2. The van der Waals surface area contributed by atoms with Gasteiger partial charge in [0.05, 0.1) is 12.0 Å². The summed E-state index contributed by atoms with van der Waals surface area (Å²) < 4.78 is 72.1. The topological polar surface area (TPSA) is 89.3 Å². The van der Waals surface area contributed by atoms with Crippen LogP contribution in [-0.2, 0) is 10.0 Å². The molecule has 3 N–H and O–H groups in total. The lowest BCUT2D eigenvalue weighted by atomic mass is 10.2. The van der Waals surface area contributed by atoms with E-state index in [1.165, 1.54) is 0 Å². The van der Waals surface area contributed by atoms with Gasteiger partial charge in [-0.15, -0.1) is 0 Å². The first-order valence-electron chi connectivity index (χ1n) is 5.28. The van der Waals surface area contributed by atoms with Crippen LogP contribution < -0.4 is 10.5 Å². The van der Waals surface area contributed by atoms with Gasteiger partial charge in [0.1, 0.15) is 4.90 Å². The van der Waals surface area contributed by atoms with Gasteiger partial charge < -0.3 is 5.32 Å². The Morgan fingerprint density at radius 2 is 1.90 bits per heavy atom. The molecule has 0 aliphatic heterocycles. The molecule has 0 saturated heterocycles. The molecule has 1 amide bonds. The van der Waals surface area contributed by atoms with Crippen molar-refractivity contribution in [2.75, 3.05) is 6.54 Å². The van der Waals surface area contributed by atoms with E-state index in [0.29, 0.717) is 0 Å². The summed E-state index contributed by atoms with van der Waals surface area (Å²) in [6, 6.07) is 1.78. The van der Waals surface area contributed by atoms with E-state index in [-0.39, 0.29) is 4.47 Å². The zero-order chi connectivity index (χ0) is 16.4. The Kier molecular flexibility index (Phi) is 5.34. The van der Waals surface area contributed by atoms with Crippen LogP contribution in [0.1, 0.15) is 16.8 Å². The van der Waals surface area contributed by atoms with Gasteiger partial charge >= 0.3 is 6.18 Å². The maximum absolute atomic E-state index is 13.9. The van der Waals surface area contributed by atoms with E-state index in [0.717, 1.165) is 12.1 Å². The summed E-state index contributed by atoms with van der Waals surface area (Å²) in [5.74, 6) is -2.60. The molecule has 0 radical (unpaired) electrons. The number of nitrogens with one attached hydrogen (secondary N) is 1. The molecule has 1 aromatic rings. The number of rotatable bonds is 4. The zero-order valence-corrected chi connectivity index (χ0v) is 12.6. The number of nitrogens with two attached hydrogens (primary N) is 1. The van der Waals surface area contributed by atoms with Crippen molar-refractivity contribution in [1.29, 1.82) is 0 Å². The summed E-state index contributed by atoms with van der Waals surface area (Å²) in [5.41, 5.74) is -0.726. The quantitative estimate of drug-likeness (QED) is 0.767. The molecular weight excluding hydrogens is 384 g/mol. The highest BCUT2D eigenvalue weighted by atomic mass is 79.9. The van der Waals surface area contributed by atoms with Crippen LogP contribution in [0.5, 0.6) is 0 Å². The van der Waals surface area contributed by atoms with Crippen molar-refractivity contribution < 1.29 is 30.8 Å². The Bertz CT molecular complexity index is 661. The third kappa shape index (κ3) is 5.25. The average Bonchev–Trinajstić information content (AvgIpc) is 2.28. The monoisotopic (exact) mass is 392 g/mol. The molecule has 0 aromatic heterocycles.